The molecule has 2 aliphatic rings. The molecule has 36 heavy (non-hydrogen) atoms. The molecule has 2 aromatic heterocycles. The van der Waals surface area contributed by atoms with Crippen LogP contribution in [0.25, 0.3) is 10.9 Å². The maximum Gasteiger partial charge on any atom is 0.293 e. The largest absolute Gasteiger partial charge is 0.478 e. The van der Waals surface area contributed by atoms with Gasteiger partial charge in [-0.25, -0.2) is 4.98 Å². The number of pyridine rings is 1. The molecular weight excluding hydrogens is 482 g/mol. The lowest BCUT2D eigenvalue weighted by Gasteiger charge is -2.42. The standard InChI is InChI=1S/C25H30ClN7O3/c1-15-12-32(13-18-5-4-8-33(15)18)25-28-11-19(26)23(30-25)29-17-6-7-20-16(9-17)10-21(24(35)31(20)3)36-14-22(34)27-2/h6-7,9-11,15,18H,4-5,8,12-14H2,1-3H3,(H,27,34)(H,28,29,30). The Morgan fingerprint density at radius 3 is 2.92 bits per heavy atom. The molecule has 0 radical (unpaired) electrons. The molecule has 3 aromatic rings. The normalized spacial score (nSPS) is 19.8. The van der Waals surface area contributed by atoms with Gasteiger partial charge in [0, 0.05) is 50.3 Å². The van der Waals surface area contributed by atoms with Gasteiger partial charge in [-0.2, -0.15) is 4.98 Å². The summed E-state index contributed by atoms with van der Waals surface area (Å²) in [5.41, 5.74) is 1.17. The first-order valence-electron chi connectivity index (χ1n) is 12.1. The minimum Gasteiger partial charge on any atom is -0.478 e. The molecule has 2 N–H and O–H groups in total. The van der Waals surface area contributed by atoms with Gasteiger partial charge in [-0.1, -0.05) is 11.6 Å². The Morgan fingerprint density at radius 1 is 1.28 bits per heavy atom. The molecule has 2 saturated heterocycles. The van der Waals surface area contributed by atoms with E-state index in [2.05, 4.69) is 32.3 Å². The number of carbonyl (C=O) groups is 1. The van der Waals surface area contributed by atoms with Crippen molar-refractivity contribution in [1.29, 1.82) is 0 Å². The van der Waals surface area contributed by atoms with Crippen LogP contribution in [0.5, 0.6) is 5.75 Å². The summed E-state index contributed by atoms with van der Waals surface area (Å²) in [6, 6.07) is 8.23. The number of piperazine rings is 1. The third-order valence-corrected chi connectivity index (χ3v) is 7.29. The van der Waals surface area contributed by atoms with Crippen molar-refractivity contribution in [3.63, 3.8) is 0 Å². The number of ether oxygens (including phenoxy) is 1. The molecule has 4 heterocycles. The lowest BCUT2D eigenvalue weighted by Crippen LogP contribution is -2.55. The number of nitrogens with zero attached hydrogens (tertiary/aromatic N) is 5. The highest BCUT2D eigenvalue weighted by atomic mass is 35.5. The van der Waals surface area contributed by atoms with Crippen molar-refractivity contribution in [3.8, 4) is 5.75 Å². The maximum absolute atomic E-state index is 12.6. The summed E-state index contributed by atoms with van der Waals surface area (Å²) in [6.07, 6.45) is 4.07. The van der Waals surface area contributed by atoms with Gasteiger partial charge in [-0.3, -0.25) is 14.5 Å². The van der Waals surface area contributed by atoms with Gasteiger partial charge in [0.2, 0.25) is 5.95 Å². The Labute approximate surface area is 214 Å². The van der Waals surface area contributed by atoms with E-state index in [0.717, 1.165) is 29.7 Å². The lowest BCUT2D eigenvalue weighted by molar-refractivity contribution is -0.122. The highest BCUT2D eigenvalue weighted by Gasteiger charge is 2.36. The Morgan fingerprint density at radius 2 is 2.11 bits per heavy atom. The molecule has 0 bridgehead atoms. The first-order chi connectivity index (χ1) is 17.3. The maximum atomic E-state index is 12.6. The number of fused-ring (bicyclic) bond motifs is 2. The number of halogens is 1. The lowest BCUT2D eigenvalue weighted by atomic mass is 10.1. The van der Waals surface area contributed by atoms with Gasteiger partial charge in [-0.15, -0.1) is 0 Å². The van der Waals surface area contributed by atoms with E-state index >= 15 is 0 Å². The van der Waals surface area contributed by atoms with Gasteiger partial charge in [0.1, 0.15) is 5.02 Å². The summed E-state index contributed by atoms with van der Waals surface area (Å²) in [4.78, 5) is 38.3. The monoisotopic (exact) mass is 511 g/mol. The first kappa shape index (κ1) is 24.3. The van der Waals surface area contributed by atoms with Gasteiger partial charge in [-0.05, 0) is 50.6 Å². The number of aryl methyl sites for hydroxylation is 1. The van der Waals surface area contributed by atoms with Crippen LogP contribution >= 0.6 is 11.6 Å². The van der Waals surface area contributed by atoms with Crippen molar-refractivity contribution in [2.45, 2.75) is 31.8 Å². The Kier molecular flexibility index (Phi) is 6.72. The van der Waals surface area contributed by atoms with Crippen molar-refractivity contribution < 1.29 is 9.53 Å². The van der Waals surface area contributed by atoms with Gasteiger partial charge in [0.05, 0.1) is 11.7 Å². The van der Waals surface area contributed by atoms with Crippen LogP contribution in [0.1, 0.15) is 19.8 Å². The Bertz CT molecular complexity index is 1360. The van der Waals surface area contributed by atoms with Crippen LogP contribution < -0.4 is 25.8 Å². The summed E-state index contributed by atoms with van der Waals surface area (Å²) in [5.74, 6) is 0.968. The van der Waals surface area contributed by atoms with E-state index in [1.165, 1.54) is 31.0 Å². The number of rotatable bonds is 6. The molecule has 1 amide bonds. The second-order valence-electron chi connectivity index (χ2n) is 9.39. The minimum absolute atomic E-state index is 0.105. The fourth-order valence-electron chi connectivity index (χ4n) is 5.13. The summed E-state index contributed by atoms with van der Waals surface area (Å²) in [6.45, 7) is 4.98. The van der Waals surface area contributed by atoms with Crippen LogP contribution in [0, 0.1) is 0 Å². The number of aromatic nitrogens is 3. The number of amides is 1. The van der Waals surface area contributed by atoms with Gasteiger partial charge < -0.3 is 24.8 Å². The fourth-order valence-corrected chi connectivity index (χ4v) is 5.27. The third kappa shape index (κ3) is 4.70. The highest BCUT2D eigenvalue weighted by Crippen LogP contribution is 2.30. The Hall–Kier alpha value is -3.37. The van der Waals surface area contributed by atoms with E-state index in [1.54, 1.807) is 19.3 Å². The fraction of sp³-hybridized carbons (Fsp3) is 0.440. The van der Waals surface area contributed by atoms with Crippen molar-refractivity contribution in [3.05, 3.63) is 45.8 Å². The van der Waals surface area contributed by atoms with E-state index in [9.17, 15) is 9.59 Å². The summed E-state index contributed by atoms with van der Waals surface area (Å²) in [7, 11) is 3.18. The second kappa shape index (κ2) is 9.94. The number of nitrogens with one attached hydrogen (secondary N) is 2. The van der Waals surface area contributed by atoms with Crippen molar-refractivity contribution in [1.82, 2.24) is 24.8 Å². The summed E-state index contributed by atoms with van der Waals surface area (Å²) < 4.78 is 6.96. The third-order valence-electron chi connectivity index (χ3n) is 7.01. The van der Waals surface area contributed by atoms with E-state index in [0.29, 0.717) is 28.9 Å². The molecule has 0 aliphatic carbocycles. The second-order valence-corrected chi connectivity index (χ2v) is 9.79. The molecule has 5 rings (SSSR count). The molecule has 2 unspecified atom stereocenters. The molecule has 10 nitrogen and oxygen atoms in total. The van der Waals surface area contributed by atoms with Crippen LogP contribution in [0.3, 0.4) is 0 Å². The number of benzene rings is 1. The molecular formula is C25H30ClN7O3. The zero-order valence-corrected chi connectivity index (χ0v) is 21.4. The summed E-state index contributed by atoms with van der Waals surface area (Å²) >= 11 is 6.46. The molecule has 2 aliphatic heterocycles. The molecule has 0 saturated carbocycles. The van der Waals surface area contributed by atoms with E-state index in [1.807, 2.05) is 18.2 Å². The van der Waals surface area contributed by atoms with Crippen molar-refractivity contribution >= 4 is 45.9 Å². The number of carbonyl (C=O) groups excluding carboxylic acids is 1. The van der Waals surface area contributed by atoms with Gasteiger partial charge in [0.15, 0.2) is 18.2 Å². The quantitative estimate of drug-likeness (QED) is 0.520. The highest BCUT2D eigenvalue weighted by molar-refractivity contribution is 6.32. The predicted octanol–water partition coefficient (Wildman–Crippen LogP) is 2.52. The number of hydrogen-bond acceptors (Lipinski definition) is 8. The van der Waals surface area contributed by atoms with E-state index in [-0.39, 0.29) is 23.8 Å². The van der Waals surface area contributed by atoms with Gasteiger partial charge >= 0.3 is 0 Å². The molecule has 1 aromatic carbocycles. The molecule has 2 atom stereocenters. The van der Waals surface area contributed by atoms with Crippen LogP contribution in [0.15, 0.2) is 35.3 Å². The van der Waals surface area contributed by atoms with Crippen molar-refractivity contribution in [2.75, 3.05) is 43.5 Å². The van der Waals surface area contributed by atoms with Crippen molar-refractivity contribution in [2.24, 2.45) is 7.05 Å². The molecule has 2 fully saturated rings. The minimum atomic E-state index is -0.314. The topological polar surface area (TPSA) is 105 Å². The average molecular weight is 512 g/mol. The zero-order chi connectivity index (χ0) is 25.4. The van der Waals surface area contributed by atoms with Crippen LogP contribution in [0.2, 0.25) is 5.02 Å². The number of anilines is 3. The number of likely N-dealkylation sites (N-methyl/N-ethyl adjacent to an activating group) is 1. The smallest absolute Gasteiger partial charge is 0.293 e. The average Bonchev–Trinajstić information content (AvgIpc) is 3.36. The molecule has 11 heteroatoms. The predicted molar refractivity (Wildman–Crippen MR) is 140 cm³/mol. The van der Waals surface area contributed by atoms with Crippen LogP contribution in [-0.4, -0.2) is 70.7 Å². The van der Waals surface area contributed by atoms with E-state index < -0.39 is 0 Å². The summed E-state index contributed by atoms with van der Waals surface area (Å²) in [5, 5.41) is 6.97. The van der Waals surface area contributed by atoms with Gasteiger partial charge in [0.25, 0.3) is 11.5 Å². The molecule has 0 spiro atoms. The zero-order valence-electron chi connectivity index (χ0n) is 20.6. The van der Waals surface area contributed by atoms with Crippen LogP contribution in [0.4, 0.5) is 17.5 Å². The SMILES string of the molecule is CNC(=O)COc1cc2cc(Nc3nc(N4CC(C)N5CCCC5C4)ncc3Cl)ccc2n(C)c1=O. The molecule has 190 valence electrons. The van der Waals surface area contributed by atoms with E-state index in [4.69, 9.17) is 21.3 Å². The first-order valence-corrected chi connectivity index (χ1v) is 12.5. The number of hydrogen-bond donors (Lipinski definition) is 2. The van der Waals surface area contributed by atoms with Crippen LogP contribution in [-0.2, 0) is 11.8 Å². The Balaban J connectivity index is 1.40.